The smallest absolute Gasteiger partial charge is 0.248 e. The molecule has 1 aliphatic carbocycles. The fourth-order valence-electron chi connectivity index (χ4n) is 5.00. The van der Waals surface area contributed by atoms with E-state index in [0.29, 0.717) is 11.9 Å². The molecule has 4 N–H and O–H groups in total. The molecule has 11 nitrogen and oxygen atoms in total. The van der Waals surface area contributed by atoms with Gasteiger partial charge in [0.15, 0.2) is 0 Å². The summed E-state index contributed by atoms with van der Waals surface area (Å²) >= 11 is 0. The number of nitrogen functional groups attached to an aromatic ring is 1. The number of likely N-dealkylation sites (tertiary alicyclic amines) is 1. The highest BCUT2D eigenvalue weighted by Crippen LogP contribution is 2.40. The number of hydrogen-bond donors (Lipinski definition) is 3. The number of aliphatic hydroxyl groups is 1. The molecule has 2 aromatic heterocycles. The molecule has 192 valence electrons. The Morgan fingerprint density at radius 1 is 1.28 bits per heavy atom. The van der Waals surface area contributed by atoms with E-state index in [9.17, 15) is 14.7 Å². The Labute approximate surface area is 209 Å². The third-order valence-corrected chi connectivity index (χ3v) is 7.15. The van der Waals surface area contributed by atoms with Gasteiger partial charge in [-0.05, 0) is 36.0 Å². The number of β-amino-alcohol motifs (C(OH)–C–C–N with tert-alkyl or cyclic N) is 1. The summed E-state index contributed by atoms with van der Waals surface area (Å²) in [4.78, 5) is 32.9. The average molecular weight is 495 g/mol. The molecular weight excluding hydrogens is 460 g/mol. The van der Waals surface area contributed by atoms with Crippen LogP contribution in [0.3, 0.4) is 0 Å². The summed E-state index contributed by atoms with van der Waals surface area (Å²) in [6.45, 7) is 6.30. The minimum atomic E-state index is -0.767. The van der Waals surface area contributed by atoms with Crippen LogP contribution in [-0.4, -0.2) is 65.1 Å². The first kappa shape index (κ1) is 24.2. The van der Waals surface area contributed by atoms with Gasteiger partial charge in [-0.25, -0.2) is 9.67 Å². The molecule has 36 heavy (non-hydrogen) atoms. The number of carbonyl (C=O) groups is 2. The molecule has 2 aliphatic rings. The largest absolute Gasteiger partial charge is 0.391 e. The maximum atomic E-state index is 13.8. The van der Waals surface area contributed by atoms with Crippen LogP contribution in [0.25, 0.3) is 11.0 Å². The van der Waals surface area contributed by atoms with Gasteiger partial charge in [-0.3, -0.25) is 9.59 Å². The predicted molar refractivity (Wildman–Crippen MR) is 134 cm³/mol. The molecule has 0 bridgehead atoms. The normalized spacial score (nSPS) is 21.2. The molecule has 0 unspecified atom stereocenters. The molecule has 0 radical (unpaired) electrons. The molecule has 3 heterocycles. The molecule has 3 atom stereocenters. The second-order valence-corrected chi connectivity index (χ2v) is 11.1. The summed E-state index contributed by atoms with van der Waals surface area (Å²) in [5.74, 6) is 0.307. The fraction of sp³-hybridized carbons (Fsp3) is 0.560. The lowest BCUT2D eigenvalue weighted by molar-refractivity contribution is -0.144. The Balaban J connectivity index is 1.32. The summed E-state index contributed by atoms with van der Waals surface area (Å²) in [5, 5.41) is 21.9. The van der Waals surface area contributed by atoms with E-state index in [4.69, 9.17) is 5.73 Å². The maximum Gasteiger partial charge on any atom is 0.248 e. The van der Waals surface area contributed by atoms with Crippen molar-refractivity contribution in [1.29, 1.82) is 0 Å². The third-order valence-electron chi connectivity index (χ3n) is 7.15. The lowest BCUT2D eigenvalue weighted by Crippen LogP contribution is -2.50. The van der Waals surface area contributed by atoms with Gasteiger partial charge in [-0.2, -0.15) is 0 Å². The van der Waals surface area contributed by atoms with Crippen molar-refractivity contribution in [3.05, 3.63) is 35.7 Å². The molecule has 1 saturated carbocycles. The second kappa shape index (κ2) is 8.88. The summed E-state index contributed by atoms with van der Waals surface area (Å²) in [7, 11) is 1.84. The van der Waals surface area contributed by atoms with Crippen molar-refractivity contribution < 1.29 is 14.7 Å². The number of aromatic nitrogens is 5. The van der Waals surface area contributed by atoms with Crippen LogP contribution in [0.2, 0.25) is 0 Å². The quantitative estimate of drug-likeness (QED) is 0.471. The summed E-state index contributed by atoms with van der Waals surface area (Å²) in [6, 6.07) is 4.28. The number of fused-ring (bicyclic) bond motifs is 1. The molecule has 1 saturated heterocycles. The molecule has 1 aliphatic heterocycles. The Morgan fingerprint density at radius 2 is 2.03 bits per heavy atom. The highest BCUT2D eigenvalue weighted by Gasteiger charge is 2.45. The summed E-state index contributed by atoms with van der Waals surface area (Å²) < 4.78 is 3.42. The van der Waals surface area contributed by atoms with Crippen LogP contribution in [0, 0.1) is 5.41 Å². The van der Waals surface area contributed by atoms with Crippen molar-refractivity contribution >= 4 is 28.8 Å². The molecule has 2 amide bonds. The van der Waals surface area contributed by atoms with Gasteiger partial charge in [0.05, 0.1) is 22.8 Å². The Bertz CT molecular complexity index is 1300. The number of aliphatic hydroxyl groups excluding tert-OH is 1. The van der Waals surface area contributed by atoms with Crippen molar-refractivity contribution in [3.8, 4) is 0 Å². The van der Waals surface area contributed by atoms with Crippen molar-refractivity contribution in [2.45, 2.75) is 70.7 Å². The van der Waals surface area contributed by atoms with Crippen LogP contribution in [-0.2, 0) is 23.2 Å². The first-order valence-electron chi connectivity index (χ1n) is 12.4. The topological polar surface area (TPSA) is 144 Å². The predicted octanol–water partition coefficient (Wildman–Crippen LogP) is 1.49. The van der Waals surface area contributed by atoms with Gasteiger partial charge in [0.1, 0.15) is 12.1 Å². The average Bonchev–Trinajstić information content (AvgIpc) is 3.32. The SMILES string of the molecule is Cn1c(N)nc2ccc(CNC(=O)[C@@H]3C[C@@H](O)CN3C(=O)[C@@H](n3cc(C4CC4)nn3)C(C)(C)C)cc21. The molecule has 0 spiro atoms. The van der Waals surface area contributed by atoms with E-state index in [1.54, 1.807) is 9.25 Å². The molecule has 1 aromatic carbocycles. The van der Waals surface area contributed by atoms with Crippen LogP contribution in [0.4, 0.5) is 5.95 Å². The van der Waals surface area contributed by atoms with Crippen LogP contribution in [0.5, 0.6) is 0 Å². The number of nitrogens with zero attached hydrogens (tertiary/aromatic N) is 6. The number of amides is 2. The van der Waals surface area contributed by atoms with E-state index < -0.39 is 23.6 Å². The molecule has 2 fully saturated rings. The number of carbonyl (C=O) groups excluding carboxylic acids is 2. The Morgan fingerprint density at radius 3 is 2.72 bits per heavy atom. The number of benzene rings is 1. The lowest BCUT2D eigenvalue weighted by atomic mass is 9.85. The van der Waals surface area contributed by atoms with Crippen molar-refractivity contribution in [2.24, 2.45) is 12.5 Å². The van der Waals surface area contributed by atoms with E-state index in [1.807, 2.05) is 52.2 Å². The zero-order chi connectivity index (χ0) is 25.8. The molecule has 5 rings (SSSR count). The zero-order valence-electron chi connectivity index (χ0n) is 21.2. The van der Waals surface area contributed by atoms with Crippen molar-refractivity contribution in [2.75, 3.05) is 12.3 Å². The number of rotatable bonds is 6. The minimum Gasteiger partial charge on any atom is -0.391 e. The van der Waals surface area contributed by atoms with E-state index in [2.05, 4.69) is 20.6 Å². The van der Waals surface area contributed by atoms with Gasteiger partial charge in [0, 0.05) is 38.7 Å². The first-order chi connectivity index (χ1) is 17.0. The first-order valence-corrected chi connectivity index (χ1v) is 12.4. The third kappa shape index (κ3) is 4.55. The van der Waals surface area contributed by atoms with Gasteiger partial charge < -0.3 is 25.6 Å². The van der Waals surface area contributed by atoms with Gasteiger partial charge in [0.25, 0.3) is 0 Å². The monoisotopic (exact) mass is 494 g/mol. The summed E-state index contributed by atoms with van der Waals surface area (Å²) in [5.41, 5.74) is 8.87. The van der Waals surface area contributed by atoms with Gasteiger partial charge in [-0.15, -0.1) is 5.10 Å². The number of anilines is 1. The fourth-order valence-corrected chi connectivity index (χ4v) is 5.00. The highest BCUT2D eigenvalue weighted by molar-refractivity contribution is 5.90. The number of hydrogen-bond acceptors (Lipinski definition) is 7. The van der Waals surface area contributed by atoms with Crippen molar-refractivity contribution in [3.63, 3.8) is 0 Å². The van der Waals surface area contributed by atoms with Crippen LogP contribution >= 0.6 is 0 Å². The zero-order valence-corrected chi connectivity index (χ0v) is 21.2. The highest BCUT2D eigenvalue weighted by atomic mass is 16.3. The second-order valence-electron chi connectivity index (χ2n) is 11.1. The number of nitrogens with two attached hydrogens (primary N) is 1. The van der Waals surface area contributed by atoms with E-state index in [0.717, 1.165) is 35.1 Å². The minimum absolute atomic E-state index is 0.105. The molecular formula is C25H34N8O3. The van der Waals surface area contributed by atoms with Gasteiger partial charge in [-0.1, -0.05) is 32.1 Å². The van der Waals surface area contributed by atoms with E-state index in [1.165, 1.54) is 4.90 Å². The Kier molecular flexibility index (Phi) is 5.98. The molecule has 11 heteroatoms. The number of aryl methyl sites for hydroxylation is 1. The Hall–Kier alpha value is -3.47. The summed E-state index contributed by atoms with van der Waals surface area (Å²) in [6.07, 6.45) is 3.46. The van der Waals surface area contributed by atoms with E-state index in [-0.39, 0.29) is 31.3 Å². The van der Waals surface area contributed by atoms with Crippen LogP contribution < -0.4 is 11.1 Å². The lowest BCUT2D eigenvalue weighted by Gasteiger charge is -2.34. The van der Waals surface area contributed by atoms with E-state index >= 15 is 0 Å². The standard InChI is InChI=1S/C25H34N8O3/c1-25(2,3)21(33-13-18(29-30-33)15-6-7-15)23(36)32-12-16(34)10-20(32)22(35)27-11-14-5-8-17-19(9-14)31(4)24(26)28-17/h5,8-9,13,15-16,20-21,34H,6-7,10-12H2,1-4H3,(H2,26,28)(H,27,35)/t16-,20+,21-/m1/s1. The number of imidazole rings is 1. The molecule has 3 aromatic rings. The van der Waals surface area contributed by atoms with Gasteiger partial charge >= 0.3 is 0 Å². The van der Waals surface area contributed by atoms with Crippen molar-refractivity contribution in [1.82, 2.24) is 34.8 Å². The van der Waals surface area contributed by atoms with Crippen LogP contribution in [0.15, 0.2) is 24.4 Å². The van der Waals surface area contributed by atoms with Crippen LogP contribution in [0.1, 0.15) is 63.3 Å². The maximum absolute atomic E-state index is 13.8. The number of nitrogens with one attached hydrogen (secondary N) is 1. The van der Waals surface area contributed by atoms with Gasteiger partial charge in [0.2, 0.25) is 17.8 Å².